The van der Waals surface area contributed by atoms with Crippen molar-refractivity contribution >= 4 is 11.5 Å². The first-order valence-corrected chi connectivity index (χ1v) is 9.15. The first-order valence-electron chi connectivity index (χ1n) is 9.15. The van der Waals surface area contributed by atoms with E-state index in [1.807, 2.05) is 22.8 Å². The Morgan fingerprint density at radius 2 is 1.77 bits per heavy atom. The van der Waals surface area contributed by atoms with Crippen LogP contribution in [0, 0.1) is 0 Å². The number of fused-ring (bicyclic) bond motifs is 1. The van der Waals surface area contributed by atoms with E-state index >= 15 is 0 Å². The number of hydrogen-bond donors (Lipinski definition) is 0. The Morgan fingerprint density at radius 1 is 0.962 bits per heavy atom. The molecule has 3 aromatic rings. The van der Waals surface area contributed by atoms with Crippen molar-refractivity contribution in [1.82, 2.24) is 29.8 Å². The first kappa shape index (κ1) is 15.5. The van der Waals surface area contributed by atoms with Crippen molar-refractivity contribution in [2.24, 2.45) is 0 Å². The Bertz CT molecular complexity index is 928. The van der Waals surface area contributed by atoms with Crippen molar-refractivity contribution < 1.29 is 4.74 Å². The Morgan fingerprint density at radius 3 is 2.54 bits per heavy atom. The Kier molecular flexibility index (Phi) is 3.69. The molecule has 0 spiro atoms. The Labute approximate surface area is 151 Å². The van der Waals surface area contributed by atoms with Crippen LogP contribution in [0.25, 0.3) is 5.65 Å². The number of aromatic nitrogens is 6. The lowest BCUT2D eigenvalue weighted by Gasteiger charge is -2.32. The lowest BCUT2D eigenvalue weighted by atomic mass is 9.96. The van der Waals surface area contributed by atoms with Crippen molar-refractivity contribution in [3.8, 4) is 5.88 Å². The highest BCUT2D eigenvalue weighted by Gasteiger charge is 2.32. The van der Waals surface area contributed by atoms with Gasteiger partial charge in [-0.15, -0.1) is 15.3 Å². The lowest BCUT2D eigenvalue weighted by Crippen LogP contribution is -2.35. The van der Waals surface area contributed by atoms with Gasteiger partial charge in [0.15, 0.2) is 17.3 Å². The number of nitrogens with zero attached hydrogens (tertiary/aromatic N) is 7. The van der Waals surface area contributed by atoms with Gasteiger partial charge in [-0.1, -0.05) is 0 Å². The second-order valence-corrected chi connectivity index (χ2v) is 7.00. The molecule has 26 heavy (non-hydrogen) atoms. The molecule has 0 radical (unpaired) electrons. The molecule has 0 atom stereocenters. The van der Waals surface area contributed by atoms with Gasteiger partial charge in [0.2, 0.25) is 5.88 Å². The minimum Gasteiger partial charge on any atom is -0.480 e. The van der Waals surface area contributed by atoms with Crippen LogP contribution in [0.2, 0.25) is 0 Å². The number of rotatable bonds is 4. The van der Waals surface area contributed by atoms with E-state index in [0.29, 0.717) is 17.7 Å². The van der Waals surface area contributed by atoms with Crippen LogP contribution in [-0.2, 0) is 0 Å². The molecule has 5 rings (SSSR count). The zero-order chi connectivity index (χ0) is 17.5. The molecule has 8 nitrogen and oxygen atoms in total. The first-order chi connectivity index (χ1) is 12.8. The van der Waals surface area contributed by atoms with Gasteiger partial charge in [-0.25, -0.2) is 4.98 Å². The number of hydrogen-bond acceptors (Lipinski definition) is 7. The van der Waals surface area contributed by atoms with Crippen molar-refractivity contribution in [2.45, 2.75) is 37.5 Å². The van der Waals surface area contributed by atoms with E-state index in [1.54, 1.807) is 13.3 Å². The average Bonchev–Trinajstić information content (AvgIpc) is 3.47. The molecule has 2 fully saturated rings. The molecule has 0 N–H and O–H groups in total. The summed E-state index contributed by atoms with van der Waals surface area (Å²) in [5, 5.41) is 13.1. The van der Waals surface area contributed by atoms with E-state index in [9.17, 15) is 0 Å². The van der Waals surface area contributed by atoms with E-state index in [2.05, 4.69) is 30.2 Å². The molecule has 1 saturated heterocycles. The van der Waals surface area contributed by atoms with Gasteiger partial charge in [0.05, 0.1) is 12.8 Å². The van der Waals surface area contributed by atoms with Gasteiger partial charge in [-0.3, -0.25) is 4.98 Å². The van der Waals surface area contributed by atoms with Gasteiger partial charge in [-0.05, 0) is 31.7 Å². The minimum absolute atomic E-state index is 0.335. The van der Waals surface area contributed by atoms with Crippen LogP contribution in [0.3, 0.4) is 0 Å². The van der Waals surface area contributed by atoms with Gasteiger partial charge in [0.1, 0.15) is 0 Å². The number of anilines is 1. The summed E-state index contributed by atoms with van der Waals surface area (Å²) in [6.45, 7) is 1.89. The van der Waals surface area contributed by atoms with Gasteiger partial charge >= 0.3 is 0 Å². The molecular weight excluding hydrogens is 330 g/mol. The topological polar surface area (TPSA) is 81.3 Å². The molecule has 0 aromatic carbocycles. The maximum Gasteiger partial charge on any atom is 0.231 e. The second-order valence-electron chi connectivity index (χ2n) is 7.00. The number of methoxy groups -OCH3 is 1. The van der Waals surface area contributed by atoms with E-state index in [4.69, 9.17) is 4.74 Å². The molecule has 0 unspecified atom stereocenters. The SMILES string of the molecule is COc1ccc2nnc(C3CCN(c4nccnc4C4CC4)CC3)n2n1. The molecule has 8 heteroatoms. The molecule has 134 valence electrons. The fourth-order valence-electron chi connectivity index (χ4n) is 3.73. The zero-order valence-electron chi connectivity index (χ0n) is 14.7. The minimum atomic E-state index is 0.335. The van der Waals surface area contributed by atoms with E-state index in [1.165, 1.54) is 18.5 Å². The van der Waals surface area contributed by atoms with Crippen LogP contribution in [0.1, 0.15) is 49.0 Å². The molecule has 0 bridgehead atoms. The fourth-order valence-corrected chi connectivity index (χ4v) is 3.73. The van der Waals surface area contributed by atoms with Crippen molar-refractivity contribution in [3.05, 3.63) is 36.0 Å². The maximum absolute atomic E-state index is 5.24. The third-order valence-electron chi connectivity index (χ3n) is 5.30. The van der Waals surface area contributed by atoms with Crippen LogP contribution in [-0.4, -0.2) is 50.0 Å². The summed E-state index contributed by atoms with van der Waals surface area (Å²) in [4.78, 5) is 11.6. The molecule has 2 aliphatic rings. The van der Waals surface area contributed by atoms with Crippen LogP contribution in [0.15, 0.2) is 24.5 Å². The largest absolute Gasteiger partial charge is 0.480 e. The summed E-state index contributed by atoms with van der Waals surface area (Å²) in [5.74, 6) is 3.50. The van der Waals surface area contributed by atoms with Gasteiger partial charge in [-0.2, -0.15) is 4.52 Å². The fraction of sp³-hybridized carbons (Fsp3) is 0.500. The summed E-state index contributed by atoms with van der Waals surface area (Å²) < 4.78 is 7.06. The number of piperidine rings is 1. The van der Waals surface area contributed by atoms with Gasteiger partial charge in [0, 0.05) is 43.4 Å². The van der Waals surface area contributed by atoms with Gasteiger partial charge < -0.3 is 9.64 Å². The van der Waals surface area contributed by atoms with Crippen molar-refractivity contribution in [3.63, 3.8) is 0 Å². The summed E-state index contributed by atoms with van der Waals surface area (Å²) in [6, 6.07) is 3.70. The highest BCUT2D eigenvalue weighted by Crippen LogP contribution is 2.43. The van der Waals surface area contributed by atoms with Crippen molar-refractivity contribution in [1.29, 1.82) is 0 Å². The molecule has 0 amide bonds. The smallest absolute Gasteiger partial charge is 0.231 e. The van der Waals surface area contributed by atoms with Crippen LogP contribution < -0.4 is 9.64 Å². The molecule has 3 aromatic heterocycles. The van der Waals surface area contributed by atoms with Crippen LogP contribution >= 0.6 is 0 Å². The number of ether oxygens (including phenoxy) is 1. The molecule has 1 saturated carbocycles. The summed E-state index contributed by atoms with van der Waals surface area (Å²) in [7, 11) is 1.62. The predicted octanol–water partition coefficient (Wildman–Crippen LogP) is 2.18. The van der Waals surface area contributed by atoms with Crippen LogP contribution in [0.4, 0.5) is 5.82 Å². The van der Waals surface area contributed by atoms with E-state index in [0.717, 1.165) is 43.2 Å². The summed E-state index contributed by atoms with van der Waals surface area (Å²) >= 11 is 0. The molecular formula is C18H21N7O. The predicted molar refractivity (Wildman–Crippen MR) is 95.5 cm³/mol. The lowest BCUT2D eigenvalue weighted by molar-refractivity contribution is 0.386. The highest BCUT2D eigenvalue weighted by atomic mass is 16.5. The standard InChI is InChI=1S/C18H21N7O/c1-26-15-5-4-14-21-22-17(25(14)23-15)13-6-10-24(11-7-13)18-16(12-2-3-12)19-8-9-20-18/h4-5,8-9,12-13H,2-3,6-7,10-11H2,1H3. The molecule has 4 heterocycles. The normalized spacial score (nSPS) is 18.4. The summed E-state index contributed by atoms with van der Waals surface area (Å²) in [6.07, 6.45) is 8.09. The monoisotopic (exact) mass is 351 g/mol. The molecule has 1 aliphatic carbocycles. The quantitative estimate of drug-likeness (QED) is 0.712. The van der Waals surface area contributed by atoms with Crippen molar-refractivity contribution in [2.75, 3.05) is 25.1 Å². The zero-order valence-corrected chi connectivity index (χ0v) is 14.7. The third kappa shape index (κ3) is 2.65. The Hall–Kier alpha value is -2.77. The van der Waals surface area contributed by atoms with Gasteiger partial charge in [0.25, 0.3) is 0 Å². The van der Waals surface area contributed by atoms with E-state index in [-0.39, 0.29) is 0 Å². The summed E-state index contributed by atoms with van der Waals surface area (Å²) in [5.41, 5.74) is 1.93. The third-order valence-corrected chi connectivity index (χ3v) is 5.30. The Balaban J connectivity index is 1.36. The maximum atomic E-state index is 5.24. The highest BCUT2D eigenvalue weighted by molar-refractivity contribution is 5.47. The van der Waals surface area contributed by atoms with E-state index < -0.39 is 0 Å². The van der Waals surface area contributed by atoms with Crippen LogP contribution in [0.5, 0.6) is 5.88 Å². The second kappa shape index (κ2) is 6.19. The molecule has 1 aliphatic heterocycles. The average molecular weight is 351 g/mol.